The number of hydrogen-bond acceptors (Lipinski definition) is 3. The molecule has 0 saturated carbocycles. The molecule has 0 unspecified atom stereocenters. The van der Waals surface area contributed by atoms with Gasteiger partial charge in [0.15, 0.2) is 5.96 Å². The molecule has 7 heteroatoms. The summed E-state index contributed by atoms with van der Waals surface area (Å²) in [5.74, 6) is 3.05. The van der Waals surface area contributed by atoms with Crippen molar-refractivity contribution in [1.29, 1.82) is 0 Å². The number of aryl methyl sites for hydroxylation is 3. The highest BCUT2D eigenvalue weighted by atomic mass is 127. The zero-order valence-corrected chi connectivity index (χ0v) is 18.9. The Hall–Kier alpha value is -1.64. The molecule has 0 saturated heterocycles. The second-order valence-electron chi connectivity index (χ2n) is 7.03. The van der Waals surface area contributed by atoms with Crippen LogP contribution in [0.5, 0.6) is 0 Å². The van der Waals surface area contributed by atoms with Crippen LogP contribution in [0.3, 0.4) is 0 Å². The molecule has 0 bridgehead atoms. The SMILES string of the molecule is CN=C(NCCc1nnc2n1CCCCC2)NCc1ccc(C)cc1C.I. The molecule has 2 heterocycles. The van der Waals surface area contributed by atoms with Crippen LogP contribution >= 0.6 is 24.0 Å². The normalized spacial score (nSPS) is 14.1. The first kappa shape index (κ1) is 21.7. The van der Waals surface area contributed by atoms with Gasteiger partial charge in [0.1, 0.15) is 11.6 Å². The predicted octanol–water partition coefficient (Wildman–Crippen LogP) is 3.15. The van der Waals surface area contributed by atoms with Crippen LogP contribution in [-0.2, 0) is 25.9 Å². The molecule has 0 spiro atoms. The highest BCUT2D eigenvalue weighted by Crippen LogP contribution is 2.14. The van der Waals surface area contributed by atoms with Gasteiger partial charge in [-0.25, -0.2) is 0 Å². The number of nitrogens with zero attached hydrogens (tertiary/aromatic N) is 4. The minimum atomic E-state index is 0. The van der Waals surface area contributed by atoms with E-state index in [4.69, 9.17) is 0 Å². The smallest absolute Gasteiger partial charge is 0.191 e. The van der Waals surface area contributed by atoms with Gasteiger partial charge < -0.3 is 15.2 Å². The van der Waals surface area contributed by atoms with Crippen molar-refractivity contribution < 1.29 is 0 Å². The Kier molecular flexibility index (Phi) is 8.53. The molecule has 0 amide bonds. The number of guanidine groups is 1. The summed E-state index contributed by atoms with van der Waals surface area (Å²) in [6.45, 7) is 6.89. The summed E-state index contributed by atoms with van der Waals surface area (Å²) in [6.07, 6.45) is 5.66. The van der Waals surface area contributed by atoms with E-state index < -0.39 is 0 Å². The third-order valence-corrected chi connectivity index (χ3v) is 5.00. The van der Waals surface area contributed by atoms with E-state index in [0.717, 1.165) is 50.1 Å². The van der Waals surface area contributed by atoms with Crippen molar-refractivity contribution in [3.05, 3.63) is 46.5 Å². The Balaban J connectivity index is 0.00000261. The lowest BCUT2D eigenvalue weighted by atomic mass is 10.1. The Morgan fingerprint density at radius 3 is 2.78 bits per heavy atom. The fraction of sp³-hybridized carbons (Fsp3) is 0.550. The van der Waals surface area contributed by atoms with E-state index in [1.807, 2.05) is 0 Å². The first-order valence-electron chi connectivity index (χ1n) is 9.59. The maximum atomic E-state index is 4.39. The zero-order chi connectivity index (χ0) is 18.4. The largest absolute Gasteiger partial charge is 0.356 e. The molecule has 1 aromatic heterocycles. The molecule has 2 N–H and O–H groups in total. The molecule has 0 atom stereocenters. The monoisotopic (exact) mass is 482 g/mol. The summed E-state index contributed by atoms with van der Waals surface area (Å²) >= 11 is 0. The van der Waals surface area contributed by atoms with Crippen molar-refractivity contribution >= 4 is 29.9 Å². The molecular formula is C20H31IN6. The third-order valence-electron chi connectivity index (χ3n) is 5.00. The van der Waals surface area contributed by atoms with Gasteiger partial charge in [-0.15, -0.1) is 34.2 Å². The van der Waals surface area contributed by atoms with Gasteiger partial charge in [-0.05, 0) is 37.8 Å². The first-order chi connectivity index (χ1) is 12.7. The number of nitrogens with one attached hydrogen (secondary N) is 2. The molecular weight excluding hydrogens is 451 g/mol. The highest BCUT2D eigenvalue weighted by molar-refractivity contribution is 14.0. The van der Waals surface area contributed by atoms with E-state index in [2.05, 4.69) is 62.4 Å². The number of aromatic nitrogens is 3. The van der Waals surface area contributed by atoms with Crippen molar-refractivity contribution in [3.8, 4) is 0 Å². The van der Waals surface area contributed by atoms with E-state index in [-0.39, 0.29) is 24.0 Å². The molecule has 0 fully saturated rings. The minimum Gasteiger partial charge on any atom is -0.356 e. The maximum Gasteiger partial charge on any atom is 0.191 e. The predicted molar refractivity (Wildman–Crippen MR) is 121 cm³/mol. The van der Waals surface area contributed by atoms with Crippen molar-refractivity contribution in [2.24, 2.45) is 4.99 Å². The highest BCUT2D eigenvalue weighted by Gasteiger charge is 2.14. The van der Waals surface area contributed by atoms with Crippen LogP contribution in [0.25, 0.3) is 0 Å². The van der Waals surface area contributed by atoms with Crippen molar-refractivity contribution in [2.75, 3.05) is 13.6 Å². The molecule has 148 valence electrons. The van der Waals surface area contributed by atoms with Crippen LogP contribution in [-0.4, -0.2) is 34.3 Å². The quantitative estimate of drug-likeness (QED) is 0.391. The molecule has 1 aliphatic heterocycles. The average molecular weight is 482 g/mol. The molecule has 27 heavy (non-hydrogen) atoms. The Bertz CT molecular complexity index is 768. The summed E-state index contributed by atoms with van der Waals surface area (Å²) < 4.78 is 2.31. The van der Waals surface area contributed by atoms with E-state index >= 15 is 0 Å². The molecule has 3 rings (SSSR count). The van der Waals surface area contributed by atoms with E-state index in [1.54, 1.807) is 7.05 Å². The Labute approximate surface area is 179 Å². The van der Waals surface area contributed by atoms with E-state index in [0.29, 0.717) is 0 Å². The zero-order valence-electron chi connectivity index (χ0n) is 16.6. The number of aliphatic imine (C=N–C) groups is 1. The first-order valence-corrected chi connectivity index (χ1v) is 9.59. The fourth-order valence-electron chi connectivity index (χ4n) is 3.47. The molecule has 1 aromatic carbocycles. The van der Waals surface area contributed by atoms with Gasteiger partial charge in [0.25, 0.3) is 0 Å². The van der Waals surface area contributed by atoms with Gasteiger partial charge in [-0.1, -0.05) is 30.2 Å². The second-order valence-corrected chi connectivity index (χ2v) is 7.03. The molecule has 6 nitrogen and oxygen atoms in total. The molecule has 0 radical (unpaired) electrons. The number of fused-ring (bicyclic) bond motifs is 1. The average Bonchev–Trinajstić information content (AvgIpc) is 2.86. The lowest BCUT2D eigenvalue weighted by Crippen LogP contribution is -2.38. The van der Waals surface area contributed by atoms with Gasteiger partial charge in [0.2, 0.25) is 0 Å². The number of hydrogen-bond donors (Lipinski definition) is 2. The van der Waals surface area contributed by atoms with Gasteiger partial charge >= 0.3 is 0 Å². The Morgan fingerprint density at radius 2 is 2.00 bits per heavy atom. The lowest BCUT2D eigenvalue weighted by molar-refractivity contribution is 0.600. The fourth-order valence-corrected chi connectivity index (χ4v) is 3.47. The summed E-state index contributed by atoms with van der Waals surface area (Å²) in [7, 11) is 1.81. The van der Waals surface area contributed by atoms with Crippen LogP contribution in [0.4, 0.5) is 0 Å². The van der Waals surface area contributed by atoms with Crippen LogP contribution < -0.4 is 10.6 Å². The molecule has 0 aliphatic carbocycles. The summed E-state index contributed by atoms with van der Waals surface area (Å²) in [4.78, 5) is 4.32. The molecule has 2 aromatic rings. The van der Waals surface area contributed by atoms with Crippen LogP contribution in [0.15, 0.2) is 23.2 Å². The van der Waals surface area contributed by atoms with Gasteiger partial charge in [-0.3, -0.25) is 4.99 Å². The van der Waals surface area contributed by atoms with Gasteiger partial charge in [0, 0.05) is 39.5 Å². The van der Waals surface area contributed by atoms with Crippen LogP contribution in [0.1, 0.15) is 47.6 Å². The summed E-state index contributed by atoms with van der Waals surface area (Å²) in [5, 5.41) is 15.5. The number of rotatable bonds is 5. The van der Waals surface area contributed by atoms with Crippen molar-refractivity contribution in [3.63, 3.8) is 0 Å². The molecule has 1 aliphatic rings. The summed E-state index contributed by atoms with van der Waals surface area (Å²) in [6, 6.07) is 6.54. The van der Waals surface area contributed by atoms with E-state index in [1.165, 1.54) is 36.0 Å². The third kappa shape index (κ3) is 5.92. The van der Waals surface area contributed by atoms with Gasteiger partial charge in [0.05, 0.1) is 0 Å². The van der Waals surface area contributed by atoms with Gasteiger partial charge in [-0.2, -0.15) is 0 Å². The lowest BCUT2D eigenvalue weighted by Gasteiger charge is -2.14. The maximum absolute atomic E-state index is 4.39. The second kappa shape index (κ2) is 10.6. The Morgan fingerprint density at radius 1 is 1.15 bits per heavy atom. The minimum absolute atomic E-state index is 0. The van der Waals surface area contributed by atoms with E-state index in [9.17, 15) is 0 Å². The van der Waals surface area contributed by atoms with Crippen molar-refractivity contribution in [1.82, 2.24) is 25.4 Å². The van der Waals surface area contributed by atoms with Crippen LogP contribution in [0.2, 0.25) is 0 Å². The standard InChI is InChI=1S/C20H30N6.HI/c1-15-8-9-17(16(2)13-15)14-23-20(21-3)22-11-10-19-25-24-18-7-5-4-6-12-26(18)19;/h8-9,13H,4-7,10-12,14H2,1-3H3,(H2,21,22,23);1H. The topological polar surface area (TPSA) is 67.1 Å². The number of halogens is 1. The van der Waals surface area contributed by atoms with Crippen molar-refractivity contribution in [2.45, 2.75) is 59.0 Å². The number of benzene rings is 1. The summed E-state index contributed by atoms with van der Waals surface area (Å²) in [5.41, 5.74) is 3.89. The van der Waals surface area contributed by atoms with Crippen LogP contribution in [0, 0.1) is 13.8 Å².